The molecule has 0 aliphatic heterocycles. The number of hydrogen-bond acceptors (Lipinski definition) is 6. The average Bonchev–Trinajstić information content (AvgIpc) is 2.29. The molecule has 0 aliphatic rings. The first-order chi connectivity index (χ1) is 9.51. The summed E-state index contributed by atoms with van der Waals surface area (Å²) in [5, 5.41) is 0. The Morgan fingerprint density at radius 2 is 1.48 bits per heavy atom. The van der Waals surface area contributed by atoms with Crippen LogP contribution in [0.4, 0.5) is 0 Å². The van der Waals surface area contributed by atoms with Crippen LogP contribution in [0.2, 0.25) is 0 Å². The second-order valence-electron chi connectivity index (χ2n) is 5.49. The van der Waals surface area contributed by atoms with Crippen molar-refractivity contribution in [3.63, 3.8) is 0 Å². The van der Waals surface area contributed by atoms with Crippen molar-refractivity contribution in [3.05, 3.63) is 0 Å². The molecule has 0 radical (unpaired) electrons. The monoisotopic (exact) mass is 366 g/mol. The summed E-state index contributed by atoms with van der Waals surface area (Å²) < 4.78 is 14.7. The van der Waals surface area contributed by atoms with E-state index in [1.807, 2.05) is 13.8 Å². The number of ether oxygens (including phenoxy) is 3. The van der Waals surface area contributed by atoms with Crippen molar-refractivity contribution in [2.45, 2.75) is 51.5 Å². The summed E-state index contributed by atoms with van der Waals surface area (Å²) in [4.78, 5) is 33.6. The Kier molecular flexibility index (Phi) is 8.54. The van der Waals surface area contributed by atoms with Gasteiger partial charge in [0.15, 0.2) is 6.10 Å². The van der Waals surface area contributed by atoms with Crippen molar-refractivity contribution < 1.29 is 28.6 Å². The van der Waals surface area contributed by atoms with Gasteiger partial charge < -0.3 is 14.2 Å². The van der Waals surface area contributed by atoms with Crippen molar-refractivity contribution in [2.75, 3.05) is 13.2 Å². The Morgan fingerprint density at radius 3 is 1.81 bits per heavy atom. The van der Waals surface area contributed by atoms with E-state index in [0.29, 0.717) is 6.42 Å². The number of hydrogen-bond donors (Lipinski definition) is 0. The third-order valence-corrected chi connectivity index (χ3v) is 2.75. The van der Waals surface area contributed by atoms with Crippen molar-refractivity contribution in [3.8, 4) is 0 Å². The molecule has 0 amide bonds. The van der Waals surface area contributed by atoms with Crippen LogP contribution in [-0.4, -0.2) is 41.5 Å². The summed E-state index contributed by atoms with van der Waals surface area (Å²) in [6.07, 6.45) is -0.217. The smallest absolute Gasteiger partial charge is 0.309 e. The minimum Gasteiger partial charge on any atom is -0.462 e. The van der Waals surface area contributed by atoms with Gasteiger partial charge in [0, 0.05) is 18.2 Å². The standard InChI is InChI=1S/C14H23BrO6/c1-9(6-14(4,5)15)13(18)21-12(7-19-10(2)16)8-20-11(3)17/h9,12H,6-8H2,1-5H3. The highest BCUT2D eigenvalue weighted by Crippen LogP contribution is 2.26. The fraction of sp³-hybridized carbons (Fsp3) is 0.786. The van der Waals surface area contributed by atoms with E-state index in [2.05, 4.69) is 15.9 Å². The zero-order valence-electron chi connectivity index (χ0n) is 13.1. The first-order valence-electron chi connectivity index (χ1n) is 6.67. The van der Waals surface area contributed by atoms with Gasteiger partial charge in [-0.1, -0.05) is 36.7 Å². The van der Waals surface area contributed by atoms with Crippen LogP contribution in [-0.2, 0) is 28.6 Å². The Morgan fingerprint density at radius 1 is 1.05 bits per heavy atom. The van der Waals surface area contributed by atoms with E-state index in [4.69, 9.17) is 14.2 Å². The lowest BCUT2D eigenvalue weighted by Gasteiger charge is -2.23. The van der Waals surface area contributed by atoms with Gasteiger partial charge in [-0.15, -0.1) is 0 Å². The zero-order chi connectivity index (χ0) is 16.6. The molecule has 0 aromatic carbocycles. The predicted molar refractivity (Wildman–Crippen MR) is 79.9 cm³/mol. The van der Waals surface area contributed by atoms with Crippen LogP contribution >= 0.6 is 15.9 Å². The first-order valence-corrected chi connectivity index (χ1v) is 7.46. The van der Waals surface area contributed by atoms with Gasteiger partial charge in [0.05, 0.1) is 5.92 Å². The fourth-order valence-electron chi connectivity index (χ4n) is 1.63. The topological polar surface area (TPSA) is 78.9 Å². The molecular formula is C14H23BrO6. The molecule has 6 nitrogen and oxygen atoms in total. The summed E-state index contributed by atoms with van der Waals surface area (Å²) in [6, 6.07) is 0. The number of halogens is 1. The SMILES string of the molecule is CC(=O)OCC(COC(C)=O)OC(=O)C(C)CC(C)(C)Br. The molecule has 7 heteroatoms. The number of esters is 3. The Labute approximate surface area is 133 Å². The fourth-order valence-corrected chi connectivity index (χ4v) is 2.11. The molecule has 0 aromatic rings. The molecule has 0 bridgehead atoms. The molecule has 0 N–H and O–H groups in total. The molecule has 0 fully saturated rings. The molecule has 122 valence electrons. The van der Waals surface area contributed by atoms with Crippen LogP contribution in [0, 0.1) is 5.92 Å². The molecule has 0 saturated carbocycles. The van der Waals surface area contributed by atoms with Gasteiger partial charge in [0.1, 0.15) is 13.2 Å². The zero-order valence-corrected chi connectivity index (χ0v) is 14.7. The second-order valence-corrected chi connectivity index (χ2v) is 7.63. The van der Waals surface area contributed by atoms with E-state index < -0.39 is 24.0 Å². The van der Waals surface area contributed by atoms with Crippen LogP contribution in [0.15, 0.2) is 0 Å². The summed E-state index contributed by atoms with van der Waals surface area (Å²) in [5.74, 6) is -1.75. The summed E-state index contributed by atoms with van der Waals surface area (Å²) in [5.41, 5.74) is 0. The minimum atomic E-state index is -0.800. The number of carbonyl (C=O) groups excluding carboxylic acids is 3. The largest absolute Gasteiger partial charge is 0.462 e. The maximum atomic E-state index is 12.0. The Hall–Kier alpha value is -1.11. The third-order valence-electron chi connectivity index (χ3n) is 2.42. The van der Waals surface area contributed by atoms with Gasteiger partial charge in [-0.05, 0) is 6.42 Å². The van der Waals surface area contributed by atoms with E-state index in [0.717, 1.165) is 0 Å². The van der Waals surface area contributed by atoms with Crippen LogP contribution in [0.3, 0.4) is 0 Å². The Bertz CT molecular complexity index is 356. The van der Waals surface area contributed by atoms with E-state index in [-0.39, 0.29) is 23.5 Å². The maximum absolute atomic E-state index is 12.0. The normalized spacial score (nSPS) is 12.7. The third kappa shape index (κ3) is 11.2. The second kappa shape index (κ2) is 9.02. The van der Waals surface area contributed by atoms with Crippen LogP contribution in [0.5, 0.6) is 0 Å². The van der Waals surface area contributed by atoms with Crippen LogP contribution in [0.25, 0.3) is 0 Å². The molecule has 1 unspecified atom stereocenters. The first kappa shape index (κ1) is 19.9. The highest BCUT2D eigenvalue weighted by Gasteiger charge is 2.26. The number of carbonyl (C=O) groups is 3. The molecule has 0 rings (SSSR count). The molecule has 0 aromatic heterocycles. The van der Waals surface area contributed by atoms with Crippen molar-refractivity contribution >= 4 is 33.8 Å². The highest BCUT2D eigenvalue weighted by atomic mass is 79.9. The Balaban J connectivity index is 4.51. The van der Waals surface area contributed by atoms with Crippen LogP contribution in [0.1, 0.15) is 41.0 Å². The van der Waals surface area contributed by atoms with E-state index in [1.165, 1.54) is 13.8 Å². The summed E-state index contributed by atoms with van der Waals surface area (Å²) >= 11 is 3.47. The van der Waals surface area contributed by atoms with Gasteiger partial charge >= 0.3 is 17.9 Å². The lowest BCUT2D eigenvalue weighted by molar-refractivity contribution is -0.168. The van der Waals surface area contributed by atoms with Gasteiger partial charge in [-0.2, -0.15) is 0 Å². The van der Waals surface area contributed by atoms with Crippen molar-refractivity contribution in [2.24, 2.45) is 5.92 Å². The van der Waals surface area contributed by atoms with Crippen molar-refractivity contribution in [1.82, 2.24) is 0 Å². The molecule has 0 aliphatic carbocycles. The molecule has 0 saturated heterocycles. The molecule has 0 heterocycles. The summed E-state index contributed by atoms with van der Waals surface area (Å²) in [7, 11) is 0. The molecular weight excluding hydrogens is 344 g/mol. The van der Waals surface area contributed by atoms with Crippen LogP contribution < -0.4 is 0 Å². The van der Waals surface area contributed by atoms with Gasteiger partial charge in [0.2, 0.25) is 0 Å². The maximum Gasteiger partial charge on any atom is 0.309 e. The minimum absolute atomic E-state index is 0.140. The highest BCUT2D eigenvalue weighted by molar-refractivity contribution is 9.10. The predicted octanol–water partition coefficient (Wildman–Crippen LogP) is 2.22. The molecule has 1 atom stereocenters. The van der Waals surface area contributed by atoms with Gasteiger partial charge in [-0.25, -0.2) is 0 Å². The van der Waals surface area contributed by atoms with E-state index in [9.17, 15) is 14.4 Å². The van der Waals surface area contributed by atoms with Gasteiger partial charge in [0.25, 0.3) is 0 Å². The van der Waals surface area contributed by atoms with Gasteiger partial charge in [-0.3, -0.25) is 14.4 Å². The molecule has 0 spiro atoms. The van der Waals surface area contributed by atoms with Crippen molar-refractivity contribution in [1.29, 1.82) is 0 Å². The van der Waals surface area contributed by atoms with E-state index >= 15 is 0 Å². The average molecular weight is 367 g/mol. The lowest BCUT2D eigenvalue weighted by atomic mass is 9.99. The summed E-state index contributed by atoms with van der Waals surface area (Å²) in [6.45, 7) is 7.87. The quantitative estimate of drug-likeness (QED) is 0.372. The molecule has 21 heavy (non-hydrogen) atoms. The lowest BCUT2D eigenvalue weighted by Crippen LogP contribution is -2.33. The number of rotatable bonds is 8. The number of alkyl halides is 1. The van der Waals surface area contributed by atoms with E-state index in [1.54, 1.807) is 6.92 Å².